The van der Waals surface area contributed by atoms with Crippen molar-refractivity contribution in [2.24, 2.45) is 0 Å². The zero-order valence-electron chi connectivity index (χ0n) is 14.1. The second-order valence-electron chi connectivity index (χ2n) is 5.11. The molecule has 2 aromatic rings. The van der Waals surface area contributed by atoms with Gasteiger partial charge in [0.1, 0.15) is 5.75 Å². The van der Waals surface area contributed by atoms with Crippen molar-refractivity contribution in [1.82, 2.24) is 0 Å². The third-order valence-corrected chi connectivity index (χ3v) is 3.54. The van der Waals surface area contributed by atoms with Crippen LogP contribution in [0.1, 0.15) is 15.9 Å². The quantitative estimate of drug-likeness (QED) is 0.812. The zero-order chi connectivity index (χ0) is 18.4. The molecule has 0 radical (unpaired) electrons. The maximum atomic E-state index is 12.2. The lowest BCUT2D eigenvalue weighted by atomic mass is 10.1. The maximum absolute atomic E-state index is 12.2. The van der Waals surface area contributed by atoms with E-state index in [0.717, 1.165) is 5.56 Å². The van der Waals surface area contributed by atoms with E-state index >= 15 is 0 Å². The number of methoxy groups -OCH3 is 3. The van der Waals surface area contributed by atoms with Gasteiger partial charge in [-0.1, -0.05) is 12.1 Å². The molecule has 0 aliphatic carbocycles. The van der Waals surface area contributed by atoms with Crippen molar-refractivity contribution < 1.29 is 28.9 Å². The summed E-state index contributed by atoms with van der Waals surface area (Å²) in [5.41, 5.74) is 0.644. The van der Waals surface area contributed by atoms with Crippen molar-refractivity contribution in [1.29, 1.82) is 0 Å². The number of benzene rings is 2. The van der Waals surface area contributed by atoms with Crippen LogP contribution in [0, 0.1) is 0 Å². The van der Waals surface area contributed by atoms with Gasteiger partial charge in [0.25, 0.3) is 0 Å². The van der Waals surface area contributed by atoms with Gasteiger partial charge in [-0.05, 0) is 23.8 Å². The van der Waals surface area contributed by atoms with Gasteiger partial charge in [-0.25, -0.2) is 0 Å². The molecule has 0 fully saturated rings. The number of aromatic carboxylic acids is 1. The number of carboxylic acid groups (broad SMARTS) is 1. The van der Waals surface area contributed by atoms with Crippen LogP contribution in [0.5, 0.6) is 17.2 Å². The molecule has 0 saturated heterocycles. The summed E-state index contributed by atoms with van der Waals surface area (Å²) in [6.45, 7) is 0. The monoisotopic (exact) mass is 344 g/mol. The van der Waals surface area contributed by atoms with Crippen molar-refractivity contribution in [2.75, 3.05) is 26.6 Å². The fourth-order valence-electron chi connectivity index (χ4n) is 2.27. The molecule has 7 nitrogen and oxygen atoms in total. The molecule has 0 unspecified atom stereocenters. The molecule has 132 valence electrons. The van der Waals surface area contributed by atoms with Crippen LogP contribution in [0.3, 0.4) is 0 Å². The van der Waals surface area contributed by atoms with E-state index in [0.29, 0.717) is 11.5 Å². The molecule has 1 amide bonds. The second-order valence-corrected chi connectivity index (χ2v) is 5.11. The summed E-state index contributed by atoms with van der Waals surface area (Å²) < 4.78 is 15.3. The molecule has 0 aliphatic heterocycles. The maximum Gasteiger partial charge on any atom is 0.228 e. The van der Waals surface area contributed by atoms with Gasteiger partial charge in [0.05, 0.1) is 39.4 Å². The number of carboxylic acids is 1. The molecule has 0 atom stereocenters. The van der Waals surface area contributed by atoms with E-state index in [1.54, 1.807) is 31.4 Å². The van der Waals surface area contributed by atoms with Crippen LogP contribution in [0.15, 0.2) is 36.4 Å². The van der Waals surface area contributed by atoms with Crippen LogP contribution in [0.2, 0.25) is 0 Å². The largest absolute Gasteiger partial charge is 0.545 e. The number of ether oxygens (including phenoxy) is 3. The minimum Gasteiger partial charge on any atom is -0.545 e. The van der Waals surface area contributed by atoms with Crippen molar-refractivity contribution in [3.8, 4) is 17.2 Å². The number of hydrogen-bond donors (Lipinski definition) is 1. The Morgan fingerprint density at radius 2 is 1.56 bits per heavy atom. The number of hydrogen-bond acceptors (Lipinski definition) is 6. The summed E-state index contributed by atoms with van der Waals surface area (Å²) in [7, 11) is 4.36. The first-order valence-electron chi connectivity index (χ1n) is 7.38. The third-order valence-electron chi connectivity index (χ3n) is 3.54. The van der Waals surface area contributed by atoms with Crippen LogP contribution < -0.4 is 24.6 Å². The van der Waals surface area contributed by atoms with Gasteiger partial charge in [-0.3, -0.25) is 4.79 Å². The number of nitrogens with one attached hydrogen (secondary N) is 1. The molecule has 0 heterocycles. The van der Waals surface area contributed by atoms with E-state index in [1.807, 2.05) is 0 Å². The lowest BCUT2D eigenvalue weighted by molar-refractivity contribution is -0.254. The Balaban J connectivity index is 2.22. The standard InChI is InChI=1S/C18H19NO6/c1-23-12-6-4-11(5-7-12)8-17(20)19-14-10-16(25-3)15(24-2)9-13(14)18(21)22/h4-7,9-10H,8H2,1-3H3,(H,19,20)(H,21,22)/p-1. The third kappa shape index (κ3) is 4.41. The van der Waals surface area contributed by atoms with Crippen LogP contribution in [0.25, 0.3) is 0 Å². The van der Waals surface area contributed by atoms with E-state index in [1.165, 1.54) is 26.4 Å². The number of carbonyl (C=O) groups excluding carboxylic acids is 2. The fourth-order valence-corrected chi connectivity index (χ4v) is 2.27. The van der Waals surface area contributed by atoms with Gasteiger partial charge < -0.3 is 29.4 Å². The van der Waals surface area contributed by atoms with E-state index in [-0.39, 0.29) is 29.3 Å². The molecule has 0 aromatic heterocycles. The Bertz CT molecular complexity index is 770. The summed E-state index contributed by atoms with van der Waals surface area (Å²) in [5, 5.41) is 13.9. The van der Waals surface area contributed by atoms with Gasteiger partial charge in [-0.2, -0.15) is 0 Å². The highest BCUT2D eigenvalue weighted by molar-refractivity contribution is 6.01. The molecule has 25 heavy (non-hydrogen) atoms. The number of amides is 1. The minimum absolute atomic E-state index is 0.0742. The van der Waals surface area contributed by atoms with Crippen LogP contribution >= 0.6 is 0 Å². The van der Waals surface area contributed by atoms with E-state index in [4.69, 9.17) is 14.2 Å². The van der Waals surface area contributed by atoms with Gasteiger partial charge >= 0.3 is 0 Å². The van der Waals surface area contributed by atoms with E-state index in [9.17, 15) is 14.7 Å². The smallest absolute Gasteiger partial charge is 0.228 e. The normalized spacial score (nSPS) is 10.0. The molecule has 0 saturated carbocycles. The summed E-state index contributed by atoms with van der Waals surface area (Å²) in [6, 6.07) is 9.63. The minimum atomic E-state index is -1.43. The Kier molecular flexibility index (Phi) is 5.84. The molecule has 2 aromatic carbocycles. The van der Waals surface area contributed by atoms with E-state index < -0.39 is 5.97 Å². The number of anilines is 1. The predicted octanol–water partition coefficient (Wildman–Crippen LogP) is 1.26. The fraction of sp³-hybridized carbons (Fsp3) is 0.222. The first kappa shape index (κ1) is 18.1. The Morgan fingerprint density at radius 1 is 0.960 bits per heavy atom. The molecular weight excluding hydrogens is 326 g/mol. The molecule has 0 aliphatic rings. The first-order valence-corrected chi connectivity index (χ1v) is 7.38. The van der Waals surface area contributed by atoms with Gasteiger partial charge in [0.15, 0.2) is 11.5 Å². The van der Waals surface area contributed by atoms with Crippen molar-refractivity contribution in [3.05, 3.63) is 47.5 Å². The number of rotatable bonds is 7. The molecule has 1 N–H and O–H groups in total. The Morgan fingerprint density at radius 3 is 2.08 bits per heavy atom. The number of carbonyl (C=O) groups is 2. The van der Waals surface area contributed by atoms with Gasteiger partial charge in [0.2, 0.25) is 5.91 Å². The van der Waals surface area contributed by atoms with Gasteiger partial charge in [0, 0.05) is 11.6 Å². The first-order chi connectivity index (χ1) is 12.0. The zero-order valence-corrected chi connectivity index (χ0v) is 14.1. The second kappa shape index (κ2) is 8.05. The average Bonchev–Trinajstić information content (AvgIpc) is 2.61. The Labute approximate surface area is 145 Å². The lowest BCUT2D eigenvalue weighted by Gasteiger charge is -2.16. The Hall–Kier alpha value is -3.22. The van der Waals surface area contributed by atoms with Crippen LogP contribution in [-0.2, 0) is 11.2 Å². The highest BCUT2D eigenvalue weighted by Gasteiger charge is 2.14. The SMILES string of the molecule is COc1ccc(CC(=O)Nc2cc(OC)c(OC)cc2C(=O)[O-])cc1. The topological polar surface area (TPSA) is 96.9 Å². The summed E-state index contributed by atoms with van der Waals surface area (Å²) in [5.74, 6) is -0.592. The highest BCUT2D eigenvalue weighted by Crippen LogP contribution is 2.33. The van der Waals surface area contributed by atoms with Crippen LogP contribution in [-0.4, -0.2) is 33.2 Å². The predicted molar refractivity (Wildman–Crippen MR) is 89.2 cm³/mol. The lowest BCUT2D eigenvalue weighted by Crippen LogP contribution is -2.25. The van der Waals surface area contributed by atoms with Crippen molar-refractivity contribution in [2.45, 2.75) is 6.42 Å². The van der Waals surface area contributed by atoms with E-state index in [2.05, 4.69) is 5.32 Å². The summed E-state index contributed by atoms with van der Waals surface area (Å²) >= 11 is 0. The molecular formula is C18H18NO6-. The molecule has 0 spiro atoms. The van der Waals surface area contributed by atoms with Crippen LogP contribution in [0.4, 0.5) is 5.69 Å². The van der Waals surface area contributed by atoms with Gasteiger partial charge in [-0.15, -0.1) is 0 Å². The molecule has 0 bridgehead atoms. The molecule has 2 rings (SSSR count). The average molecular weight is 344 g/mol. The molecule has 7 heteroatoms. The summed E-state index contributed by atoms with van der Waals surface area (Å²) in [6.07, 6.45) is 0.0742. The van der Waals surface area contributed by atoms with Crippen molar-refractivity contribution >= 4 is 17.6 Å². The highest BCUT2D eigenvalue weighted by atomic mass is 16.5. The van der Waals surface area contributed by atoms with Crippen molar-refractivity contribution in [3.63, 3.8) is 0 Å². The summed E-state index contributed by atoms with van der Waals surface area (Å²) in [4.78, 5) is 23.6.